The maximum Gasteiger partial charge on any atom is 0.245 e. The zero-order valence-corrected chi connectivity index (χ0v) is 56.1. The molecule has 8 rings (SSSR count). The monoisotopic (exact) mass is 1370 g/mol. The lowest BCUT2D eigenvalue weighted by atomic mass is 9.66. The number of fused-ring (bicyclic) bond motifs is 1. The van der Waals surface area contributed by atoms with Gasteiger partial charge in [-0.25, -0.2) is 0 Å². The van der Waals surface area contributed by atoms with Crippen LogP contribution < -0.4 is 54.4 Å². The summed E-state index contributed by atoms with van der Waals surface area (Å²) in [5.41, 5.74) is 23.4. The quantitative estimate of drug-likeness (QED) is 0.0189. The van der Waals surface area contributed by atoms with E-state index < -0.39 is 125 Å². The van der Waals surface area contributed by atoms with E-state index in [1.165, 1.54) is 13.8 Å². The second-order valence-corrected chi connectivity index (χ2v) is 26.8. The maximum absolute atomic E-state index is 14.7. The number of benzene rings is 6. The van der Waals surface area contributed by atoms with Crippen molar-refractivity contribution < 1.29 is 53.7 Å². The highest BCUT2D eigenvalue weighted by molar-refractivity contribution is 8.76. The number of aromatic amines is 1. The van der Waals surface area contributed by atoms with Crippen LogP contribution in [0.25, 0.3) is 10.9 Å². The number of H-pyrrole nitrogens is 1. The normalized spacial score (nSPS) is 20.1. The highest BCUT2D eigenvalue weighted by atomic mass is 33.1. The molecule has 0 bridgehead atoms. The standard InChI is InChI=1S/C49H66N10O10S2.C22H21NOS/c1-28(61)39(25-60)56-48(68)41-27-71-70-26-40(57-43(63)34(51)21-30-13-5-3-6-14-30)47(67)54-37(22-31-15-7-4-8-16-31)45(65)55-38(23-32-24-52-35-18-10-9-17-33(32)35)46(66)53-36(19-11-12-20-50)44(64)59-42(29(2)62)49(69)58-41;23-21(24)20(25)16-22(17-10-4-1-5-11-17,18-12-6-2-7-13-18)19-14-8-3-9-15-19/h3-10,13-18,24,28-29,34,36-42,52,60-62H,11-12,19-23,25-27,50-51H2,1-2H3,(H,53,66)(H,54,67)(H,55,65)(H,56,68)(H,57,63)(H,58,69)(H,59,64);1-15,20,25H,16H2,(H2,23,24)/t28-,29?,34-,36+,37+,38-,39-,40+,41+,42+;/m1./s1. The number of primary amides is 1. The van der Waals surface area contributed by atoms with Crippen LogP contribution in [0.15, 0.2) is 182 Å². The number of amides is 8. The van der Waals surface area contributed by atoms with Gasteiger partial charge in [-0.1, -0.05) is 191 Å². The number of aromatic nitrogens is 1. The van der Waals surface area contributed by atoms with Gasteiger partial charge in [0, 0.05) is 46.9 Å². The van der Waals surface area contributed by atoms with E-state index in [0.717, 1.165) is 54.7 Å². The zero-order chi connectivity index (χ0) is 69.2. The van der Waals surface area contributed by atoms with Gasteiger partial charge in [0.2, 0.25) is 47.3 Å². The molecule has 1 aliphatic heterocycles. The molecule has 510 valence electrons. The highest BCUT2D eigenvalue weighted by Crippen LogP contribution is 2.44. The Morgan fingerprint density at radius 3 is 1.67 bits per heavy atom. The summed E-state index contributed by atoms with van der Waals surface area (Å²) in [4.78, 5) is 115. The van der Waals surface area contributed by atoms with Crippen molar-refractivity contribution in [2.24, 2.45) is 17.2 Å². The molecule has 0 saturated carbocycles. The number of aliphatic hydroxyl groups excluding tert-OH is 3. The molecule has 1 saturated heterocycles. The van der Waals surface area contributed by atoms with Crippen LogP contribution in [0.3, 0.4) is 0 Å². The van der Waals surface area contributed by atoms with Gasteiger partial charge in [0.1, 0.15) is 36.3 Å². The number of nitrogens with one attached hydrogen (secondary N) is 8. The van der Waals surface area contributed by atoms with Crippen LogP contribution in [-0.2, 0) is 63.0 Å². The third-order valence-corrected chi connectivity index (χ3v) is 19.3. The molecule has 1 aliphatic rings. The van der Waals surface area contributed by atoms with E-state index in [9.17, 15) is 53.7 Å². The minimum atomic E-state index is -1.66. The van der Waals surface area contributed by atoms with Crippen LogP contribution in [0.5, 0.6) is 0 Å². The Hall–Kier alpha value is -8.53. The number of hydrogen-bond donors (Lipinski definition) is 15. The third kappa shape index (κ3) is 21.5. The van der Waals surface area contributed by atoms with Crippen LogP contribution >= 0.6 is 34.2 Å². The summed E-state index contributed by atoms with van der Waals surface area (Å²) in [5, 5.41) is 50.0. The molecule has 25 heteroatoms. The first-order valence-corrected chi connectivity index (χ1v) is 34.8. The number of aliphatic hydroxyl groups is 3. The highest BCUT2D eigenvalue weighted by Gasteiger charge is 2.40. The SMILES string of the molecule is CC(O)[C@@H]1NC(=O)[C@H](CCCCN)NC(=O)[C@@H](Cc2c[nH]c3ccccc23)NC(=O)[C@H](Cc2ccccc2)NC(=O)[C@@H](NC(=O)[C@H](N)Cc2ccccc2)CSSC[C@@H](C(=O)N[C@H](CO)[C@@H](C)O)NC1=O.NC(=O)C(S)CC(c1ccccc1)(c1ccccc1)c1ccccc1. The second kappa shape index (κ2) is 37.7. The largest absolute Gasteiger partial charge is 0.394 e. The molecular formula is C71H87N11O11S3. The molecule has 0 spiro atoms. The van der Waals surface area contributed by atoms with Crippen LogP contribution in [0.2, 0.25) is 0 Å². The molecule has 2 unspecified atom stereocenters. The summed E-state index contributed by atoms with van der Waals surface area (Å²) in [6, 6.07) is 45.3. The lowest BCUT2D eigenvalue weighted by Gasteiger charge is -2.37. The number of nitrogens with two attached hydrogens (primary N) is 3. The van der Waals surface area contributed by atoms with Crippen molar-refractivity contribution in [2.75, 3.05) is 24.7 Å². The Balaban J connectivity index is 0.000000431. The number of para-hydroxylation sites is 1. The maximum atomic E-state index is 14.7. The smallest absolute Gasteiger partial charge is 0.245 e. The van der Waals surface area contributed by atoms with Gasteiger partial charge in [0.25, 0.3) is 0 Å². The van der Waals surface area contributed by atoms with E-state index in [-0.39, 0.29) is 43.7 Å². The van der Waals surface area contributed by atoms with Crippen molar-refractivity contribution in [3.05, 3.63) is 216 Å². The van der Waals surface area contributed by atoms with Gasteiger partial charge in [-0.15, -0.1) is 0 Å². The van der Waals surface area contributed by atoms with Crippen LogP contribution in [0.4, 0.5) is 0 Å². The third-order valence-electron chi connectivity index (χ3n) is 16.5. The summed E-state index contributed by atoms with van der Waals surface area (Å²) in [7, 11) is 2.06. The van der Waals surface area contributed by atoms with Crippen molar-refractivity contribution in [2.45, 2.75) is 130 Å². The minimum Gasteiger partial charge on any atom is -0.394 e. The molecule has 22 nitrogen and oxygen atoms in total. The first-order chi connectivity index (χ1) is 46.2. The molecular weight excluding hydrogens is 1280 g/mol. The summed E-state index contributed by atoms with van der Waals surface area (Å²) in [6.07, 6.45) is 0.333. The number of rotatable bonds is 23. The predicted molar refractivity (Wildman–Crippen MR) is 378 cm³/mol. The summed E-state index contributed by atoms with van der Waals surface area (Å²) >= 11 is 4.49. The fraction of sp³-hybridized carbons (Fsp3) is 0.352. The molecule has 0 radical (unpaired) electrons. The van der Waals surface area contributed by atoms with E-state index in [4.69, 9.17) is 17.2 Å². The first-order valence-electron chi connectivity index (χ1n) is 31.8. The Kier molecular flexibility index (Phi) is 29.4. The number of thiol groups is 1. The van der Waals surface area contributed by atoms with Crippen molar-refractivity contribution in [1.29, 1.82) is 0 Å². The molecule has 2 heterocycles. The number of unbranched alkanes of at least 4 members (excludes halogenated alkanes) is 1. The number of carbonyl (C=O) groups is 8. The predicted octanol–water partition coefficient (Wildman–Crippen LogP) is 3.39. The van der Waals surface area contributed by atoms with Crippen LogP contribution in [0.1, 0.15) is 72.9 Å². The molecule has 11 atom stereocenters. The molecule has 1 aromatic heterocycles. The lowest BCUT2D eigenvalue weighted by Crippen LogP contribution is -2.62. The molecule has 8 amide bonds. The van der Waals surface area contributed by atoms with Gasteiger partial charge in [-0.05, 0) is 91.9 Å². The fourth-order valence-electron chi connectivity index (χ4n) is 11.1. The molecule has 96 heavy (non-hydrogen) atoms. The second-order valence-electron chi connectivity index (χ2n) is 23.6. The first kappa shape index (κ1) is 74.9. The molecule has 17 N–H and O–H groups in total. The average Bonchev–Trinajstić information content (AvgIpc) is 0.768. The lowest BCUT2D eigenvalue weighted by molar-refractivity contribution is -0.136. The Labute approximate surface area is 572 Å². The zero-order valence-electron chi connectivity index (χ0n) is 53.6. The van der Waals surface area contributed by atoms with E-state index >= 15 is 0 Å². The van der Waals surface area contributed by atoms with Crippen LogP contribution in [-0.4, -0.2) is 158 Å². The number of carbonyl (C=O) groups excluding carboxylic acids is 8. The topological polar surface area (TPSA) is 375 Å². The molecule has 7 aromatic rings. The number of hydrogen-bond acceptors (Lipinski definition) is 16. The molecule has 6 aromatic carbocycles. The van der Waals surface area contributed by atoms with E-state index in [2.05, 4.69) is 91.2 Å². The van der Waals surface area contributed by atoms with Gasteiger partial charge >= 0.3 is 0 Å². The van der Waals surface area contributed by atoms with Gasteiger partial charge in [0.15, 0.2) is 0 Å². The Bertz CT molecular complexity index is 3540. The van der Waals surface area contributed by atoms with Gasteiger partial charge in [-0.3, -0.25) is 38.4 Å². The van der Waals surface area contributed by atoms with E-state index in [0.29, 0.717) is 30.4 Å². The summed E-state index contributed by atoms with van der Waals surface area (Å²) < 4.78 is 0. The van der Waals surface area contributed by atoms with Crippen LogP contribution in [0, 0.1) is 0 Å². The van der Waals surface area contributed by atoms with Crippen molar-refractivity contribution in [3.8, 4) is 0 Å². The average molecular weight is 1370 g/mol. The van der Waals surface area contributed by atoms with Crippen molar-refractivity contribution in [1.82, 2.24) is 42.2 Å². The van der Waals surface area contributed by atoms with E-state index in [1.54, 1.807) is 60.8 Å². The minimum absolute atomic E-state index is 0.0340. The van der Waals surface area contributed by atoms with Gasteiger partial charge in [-0.2, -0.15) is 12.6 Å². The van der Waals surface area contributed by atoms with Crippen molar-refractivity contribution in [3.63, 3.8) is 0 Å². The van der Waals surface area contributed by atoms with E-state index in [1.807, 2.05) is 84.9 Å². The fourth-order valence-corrected chi connectivity index (χ4v) is 13.7. The summed E-state index contributed by atoms with van der Waals surface area (Å²) in [6.45, 7) is 2.23. The summed E-state index contributed by atoms with van der Waals surface area (Å²) in [5.74, 6) is -6.42. The Morgan fingerprint density at radius 2 is 1.12 bits per heavy atom. The molecule has 0 aliphatic carbocycles. The Morgan fingerprint density at radius 1 is 0.625 bits per heavy atom. The van der Waals surface area contributed by atoms with Gasteiger partial charge in [0.05, 0.1) is 36.1 Å². The van der Waals surface area contributed by atoms with Gasteiger partial charge < -0.3 is 74.7 Å². The molecule has 1 fully saturated rings. The van der Waals surface area contributed by atoms with Crippen molar-refractivity contribution >= 4 is 92.4 Å².